The molecule has 8 aromatic carbocycles. The molecular formula is C51H32N4O. The molecule has 0 spiro atoms. The Morgan fingerprint density at radius 3 is 1.59 bits per heavy atom. The average Bonchev–Trinajstić information content (AvgIpc) is 3.83. The molecule has 0 unspecified atom stereocenters. The number of hydrogen-bond donors (Lipinski definition) is 0. The van der Waals surface area contributed by atoms with Crippen LogP contribution < -0.4 is 0 Å². The third kappa shape index (κ3) is 5.21. The van der Waals surface area contributed by atoms with Crippen LogP contribution in [0.3, 0.4) is 0 Å². The molecule has 56 heavy (non-hydrogen) atoms. The van der Waals surface area contributed by atoms with E-state index in [0.29, 0.717) is 17.5 Å². The quantitative estimate of drug-likeness (QED) is 0.172. The van der Waals surface area contributed by atoms with Crippen LogP contribution in [0.5, 0.6) is 0 Å². The smallest absolute Gasteiger partial charge is 0.167 e. The number of hydrogen-bond acceptors (Lipinski definition) is 4. The van der Waals surface area contributed by atoms with Gasteiger partial charge in [-0.3, -0.25) is 0 Å². The SMILES string of the molecule is c1ccc(-c2cc(-c3ccccc3)c3c4ccccc4n(-c4cccc5oc6c(-c7nc(-c8ccccc8)nc(-c8ccccc8)n7)cccc6c45)c3c2)cc1. The van der Waals surface area contributed by atoms with Crippen LogP contribution in [-0.2, 0) is 0 Å². The lowest BCUT2D eigenvalue weighted by atomic mass is 9.94. The fourth-order valence-corrected chi connectivity index (χ4v) is 8.12. The van der Waals surface area contributed by atoms with Gasteiger partial charge in [0, 0.05) is 27.3 Å². The third-order valence-corrected chi connectivity index (χ3v) is 10.6. The number of nitrogens with zero attached hydrogens (tertiary/aromatic N) is 4. The highest BCUT2D eigenvalue weighted by atomic mass is 16.3. The van der Waals surface area contributed by atoms with Crippen molar-refractivity contribution in [3.8, 4) is 62.1 Å². The van der Waals surface area contributed by atoms with E-state index < -0.39 is 0 Å². The minimum Gasteiger partial charge on any atom is -0.455 e. The van der Waals surface area contributed by atoms with Gasteiger partial charge in [-0.1, -0.05) is 158 Å². The van der Waals surface area contributed by atoms with Crippen molar-refractivity contribution in [1.82, 2.24) is 19.5 Å². The molecule has 0 radical (unpaired) electrons. The molecular weight excluding hydrogens is 685 g/mol. The first-order chi connectivity index (χ1) is 27.8. The molecule has 11 rings (SSSR count). The van der Waals surface area contributed by atoms with Crippen LogP contribution in [0.2, 0.25) is 0 Å². The van der Waals surface area contributed by atoms with Crippen molar-refractivity contribution in [3.05, 3.63) is 194 Å². The molecule has 11 aromatic rings. The van der Waals surface area contributed by atoms with E-state index >= 15 is 0 Å². The molecule has 0 saturated heterocycles. The largest absolute Gasteiger partial charge is 0.455 e. The summed E-state index contributed by atoms with van der Waals surface area (Å²) < 4.78 is 9.28. The first-order valence-corrected chi connectivity index (χ1v) is 18.8. The Hall–Kier alpha value is -7.63. The first-order valence-electron chi connectivity index (χ1n) is 18.8. The molecule has 0 N–H and O–H groups in total. The molecule has 0 saturated carbocycles. The highest BCUT2D eigenvalue weighted by Crippen LogP contribution is 2.44. The summed E-state index contributed by atoms with van der Waals surface area (Å²) in [6, 6.07) is 67.5. The molecule has 0 fully saturated rings. The molecule has 0 aliphatic heterocycles. The number of aromatic nitrogens is 4. The molecule has 0 amide bonds. The number of furan rings is 1. The molecule has 5 heteroatoms. The lowest BCUT2D eigenvalue weighted by molar-refractivity contribution is 0.669. The normalized spacial score (nSPS) is 11.6. The van der Waals surface area contributed by atoms with Gasteiger partial charge in [0.2, 0.25) is 0 Å². The van der Waals surface area contributed by atoms with Gasteiger partial charge < -0.3 is 8.98 Å². The maximum atomic E-state index is 6.86. The van der Waals surface area contributed by atoms with E-state index in [4.69, 9.17) is 19.4 Å². The molecule has 0 bridgehead atoms. The zero-order chi connectivity index (χ0) is 37.0. The van der Waals surface area contributed by atoms with Crippen LogP contribution in [0.1, 0.15) is 0 Å². The maximum absolute atomic E-state index is 6.86. The summed E-state index contributed by atoms with van der Waals surface area (Å²) >= 11 is 0. The van der Waals surface area contributed by atoms with Gasteiger partial charge in [-0.2, -0.15) is 0 Å². The minimum absolute atomic E-state index is 0.556. The Kier molecular flexibility index (Phi) is 7.42. The second kappa shape index (κ2) is 13.0. The van der Waals surface area contributed by atoms with E-state index in [2.05, 4.69) is 132 Å². The van der Waals surface area contributed by atoms with Crippen molar-refractivity contribution in [2.75, 3.05) is 0 Å². The zero-order valence-corrected chi connectivity index (χ0v) is 30.2. The number of rotatable bonds is 6. The number of fused-ring (bicyclic) bond motifs is 6. The van der Waals surface area contributed by atoms with E-state index in [1.165, 1.54) is 27.5 Å². The topological polar surface area (TPSA) is 56.7 Å². The van der Waals surface area contributed by atoms with Gasteiger partial charge in [0.15, 0.2) is 17.5 Å². The van der Waals surface area contributed by atoms with E-state index in [9.17, 15) is 0 Å². The molecule has 3 aromatic heterocycles. The summed E-state index contributed by atoms with van der Waals surface area (Å²) in [4.78, 5) is 15.1. The first kappa shape index (κ1) is 31.9. The summed E-state index contributed by atoms with van der Waals surface area (Å²) in [6.45, 7) is 0. The van der Waals surface area contributed by atoms with Crippen LogP contribution in [0.25, 0.3) is 106 Å². The van der Waals surface area contributed by atoms with Gasteiger partial charge in [0.1, 0.15) is 11.2 Å². The zero-order valence-electron chi connectivity index (χ0n) is 30.2. The summed E-state index contributed by atoms with van der Waals surface area (Å²) in [5.74, 6) is 1.77. The monoisotopic (exact) mass is 716 g/mol. The van der Waals surface area contributed by atoms with Crippen LogP contribution in [0, 0.1) is 0 Å². The van der Waals surface area contributed by atoms with Gasteiger partial charge in [-0.15, -0.1) is 0 Å². The van der Waals surface area contributed by atoms with Crippen molar-refractivity contribution in [2.24, 2.45) is 0 Å². The average molecular weight is 717 g/mol. The summed E-state index contributed by atoms with van der Waals surface area (Å²) in [5, 5.41) is 4.42. The second-order valence-electron chi connectivity index (χ2n) is 14.0. The van der Waals surface area contributed by atoms with Gasteiger partial charge in [0.25, 0.3) is 0 Å². The Morgan fingerprint density at radius 2 is 0.911 bits per heavy atom. The van der Waals surface area contributed by atoms with Crippen molar-refractivity contribution < 1.29 is 4.42 Å². The highest BCUT2D eigenvalue weighted by Gasteiger charge is 2.23. The Bertz CT molecular complexity index is 3170. The lowest BCUT2D eigenvalue weighted by Crippen LogP contribution is -2.00. The Balaban J connectivity index is 1.19. The maximum Gasteiger partial charge on any atom is 0.167 e. The molecule has 262 valence electrons. The summed E-state index contributed by atoms with van der Waals surface area (Å²) in [7, 11) is 0. The molecule has 0 aliphatic carbocycles. The van der Waals surface area contributed by atoms with E-state index in [1.54, 1.807) is 0 Å². The van der Waals surface area contributed by atoms with Crippen molar-refractivity contribution in [2.45, 2.75) is 0 Å². The number of para-hydroxylation sites is 2. The van der Waals surface area contributed by atoms with Crippen molar-refractivity contribution in [1.29, 1.82) is 0 Å². The van der Waals surface area contributed by atoms with E-state index in [-0.39, 0.29) is 0 Å². The summed E-state index contributed by atoms with van der Waals surface area (Å²) in [6.07, 6.45) is 0. The highest BCUT2D eigenvalue weighted by molar-refractivity contribution is 6.19. The molecule has 3 heterocycles. The fraction of sp³-hybridized carbons (Fsp3) is 0. The van der Waals surface area contributed by atoms with Crippen LogP contribution in [0.4, 0.5) is 0 Å². The number of benzene rings is 8. The van der Waals surface area contributed by atoms with Crippen LogP contribution >= 0.6 is 0 Å². The molecule has 5 nitrogen and oxygen atoms in total. The van der Waals surface area contributed by atoms with Gasteiger partial charge in [-0.05, 0) is 58.7 Å². The minimum atomic E-state index is 0.556. The van der Waals surface area contributed by atoms with Gasteiger partial charge in [0.05, 0.1) is 27.7 Å². The fourth-order valence-electron chi connectivity index (χ4n) is 8.12. The summed E-state index contributed by atoms with van der Waals surface area (Å²) in [5.41, 5.74) is 12.2. The van der Waals surface area contributed by atoms with E-state index in [0.717, 1.165) is 60.9 Å². The molecule has 0 atom stereocenters. The van der Waals surface area contributed by atoms with Gasteiger partial charge in [-0.25, -0.2) is 15.0 Å². The second-order valence-corrected chi connectivity index (χ2v) is 14.0. The Morgan fingerprint density at radius 1 is 0.357 bits per heavy atom. The van der Waals surface area contributed by atoms with E-state index in [1.807, 2.05) is 66.7 Å². The van der Waals surface area contributed by atoms with Crippen molar-refractivity contribution in [3.63, 3.8) is 0 Å². The molecule has 0 aliphatic rings. The predicted octanol–water partition coefficient (Wildman–Crippen LogP) is 13.2. The standard InChI is InChI=1S/C51H32N4O/c1-5-17-33(18-6-1)37-31-41(34-19-7-2-8-20-34)46-38-25-13-14-28-42(38)55(44(46)32-37)43-29-16-30-45-47(43)39-26-15-27-40(48(39)56-45)51-53-49(35-21-9-3-10-22-35)52-50(54-51)36-23-11-4-12-24-36/h1-32H. The third-order valence-electron chi connectivity index (χ3n) is 10.6. The van der Waals surface area contributed by atoms with Crippen LogP contribution in [0.15, 0.2) is 199 Å². The predicted molar refractivity (Wildman–Crippen MR) is 229 cm³/mol. The Labute approximate surface area is 322 Å². The van der Waals surface area contributed by atoms with Crippen LogP contribution in [-0.4, -0.2) is 19.5 Å². The van der Waals surface area contributed by atoms with Gasteiger partial charge >= 0.3 is 0 Å². The lowest BCUT2D eigenvalue weighted by Gasteiger charge is -2.13. The van der Waals surface area contributed by atoms with Crippen molar-refractivity contribution >= 4 is 43.7 Å².